The van der Waals surface area contributed by atoms with Crippen LogP contribution >= 0.6 is 0 Å². The third kappa shape index (κ3) is 2.69. The molecule has 1 aromatic heterocycles. The van der Waals surface area contributed by atoms with Gasteiger partial charge in [-0.15, -0.1) is 0 Å². The molecule has 0 saturated carbocycles. The first-order valence-electron chi connectivity index (χ1n) is 7.11. The van der Waals surface area contributed by atoms with Gasteiger partial charge in [-0.1, -0.05) is 18.2 Å². The van der Waals surface area contributed by atoms with Gasteiger partial charge in [-0.3, -0.25) is 0 Å². The van der Waals surface area contributed by atoms with E-state index in [1.165, 1.54) is 11.9 Å². The first-order valence-corrected chi connectivity index (χ1v) is 7.11. The number of nitrogens with one attached hydrogen (secondary N) is 1. The molecule has 110 valence electrons. The molecule has 1 N–H and O–H groups in total. The smallest absolute Gasteiger partial charge is 0.216 e. The molecule has 21 heavy (non-hydrogen) atoms. The Bertz CT molecular complexity index is 631. The van der Waals surface area contributed by atoms with Crippen molar-refractivity contribution in [2.24, 2.45) is 0 Å². The number of aromatic nitrogens is 2. The molecule has 5 heteroatoms. The highest BCUT2D eigenvalue weighted by atomic mass is 16.5. The minimum absolute atomic E-state index is 0.0463. The van der Waals surface area contributed by atoms with Crippen LogP contribution in [-0.2, 0) is 6.42 Å². The summed E-state index contributed by atoms with van der Waals surface area (Å²) in [4.78, 5) is 8.44. The van der Waals surface area contributed by atoms with Gasteiger partial charge in [0.15, 0.2) is 0 Å². The molecular formula is C16H19N3O2. The molecule has 2 heterocycles. The normalized spacial score (nSPS) is 15.0. The SMILES string of the molecule is CNC(c1cc(OC)ncn1)c1cccc2c1OCCC2. The van der Waals surface area contributed by atoms with E-state index in [1.807, 2.05) is 13.1 Å². The Morgan fingerprint density at radius 3 is 3.05 bits per heavy atom. The van der Waals surface area contributed by atoms with Gasteiger partial charge in [-0.2, -0.15) is 0 Å². The fourth-order valence-corrected chi connectivity index (χ4v) is 2.73. The van der Waals surface area contributed by atoms with Gasteiger partial charge in [0, 0.05) is 11.6 Å². The van der Waals surface area contributed by atoms with Crippen molar-refractivity contribution in [3.05, 3.63) is 47.4 Å². The predicted molar refractivity (Wildman–Crippen MR) is 79.7 cm³/mol. The quantitative estimate of drug-likeness (QED) is 0.932. The molecule has 1 atom stereocenters. The molecule has 1 aromatic carbocycles. The molecule has 1 aliphatic rings. The lowest BCUT2D eigenvalue weighted by Gasteiger charge is -2.24. The lowest BCUT2D eigenvalue weighted by Crippen LogP contribution is -2.22. The highest BCUT2D eigenvalue weighted by Crippen LogP contribution is 2.35. The summed E-state index contributed by atoms with van der Waals surface area (Å²) in [5, 5.41) is 3.31. The van der Waals surface area contributed by atoms with Gasteiger partial charge in [0.1, 0.15) is 12.1 Å². The second-order valence-electron chi connectivity index (χ2n) is 4.99. The third-order valence-electron chi connectivity index (χ3n) is 3.73. The third-order valence-corrected chi connectivity index (χ3v) is 3.73. The van der Waals surface area contributed by atoms with Gasteiger partial charge in [0.25, 0.3) is 0 Å². The summed E-state index contributed by atoms with van der Waals surface area (Å²) in [6, 6.07) is 8.09. The number of nitrogens with zero attached hydrogens (tertiary/aromatic N) is 2. The number of para-hydroxylation sites is 1. The molecule has 0 spiro atoms. The number of hydrogen-bond acceptors (Lipinski definition) is 5. The van der Waals surface area contributed by atoms with Crippen molar-refractivity contribution in [3.8, 4) is 11.6 Å². The van der Waals surface area contributed by atoms with Crippen molar-refractivity contribution in [1.29, 1.82) is 0 Å². The summed E-state index contributed by atoms with van der Waals surface area (Å²) in [6.07, 6.45) is 3.66. The molecule has 0 amide bonds. The van der Waals surface area contributed by atoms with Crippen molar-refractivity contribution < 1.29 is 9.47 Å². The number of methoxy groups -OCH3 is 1. The average Bonchev–Trinajstić information content (AvgIpc) is 2.56. The predicted octanol–water partition coefficient (Wildman–Crippen LogP) is 2.12. The van der Waals surface area contributed by atoms with Crippen LogP contribution in [0.2, 0.25) is 0 Å². The topological polar surface area (TPSA) is 56.3 Å². The summed E-state index contributed by atoms with van der Waals surface area (Å²) in [5.41, 5.74) is 3.24. The Labute approximate surface area is 124 Å². The van der Waals surface area contributed by atoms with E-state index in [2.05, 4.69) is 33.5 Å². The van der Waals surface area contributed by atoms with E-state index in [0.29, 0.717) is 5.88 Å². The summed E-state index contributed by atoms with van der Waals surface area (Å²) in [6.45, 7) is 0.771. The van der Waals surface area contributed by atoms with Gasteiger partial charge in [-0.25, -0.2) is 9.97 Å². The molecule has 0 aliphatic carbocycles. The van der Waals surface area contributed by atoms with Crippen LogP contribution in [0.5, 0.6) is 11.6 Å². The van der Waals surface area contributed by atoms with E-state index in [1.54, 1.807) is 7.11 Å². The monoisotopic (exact) mass is 285 g/mol. The van der Waals surface area contributed by atoms with Crippen LogP contribution in [-0.4, -0.2) is 30.7 Å². The first-order chi connectivity index (χ1) is 10.3. The lowest BCUT2D eigenvalue weighted by atomic mass is 9.96. The zero-order valence-corrected chi connectivity index (χ0v) is 12.3. The van der Waals surface area contributed by atoms with Gasteiger partial charge >= 0.3 is 0 Å². The van der Waals surface area contributed by atoms with E-state index in [0.717, 1.165) is 36.5 Å². The molecule has 0 radical (unpaired) electrons. The molecule has 1 unspecified atom stereocenters. The van der Waals surface area contributed by atoms with Crippen LogP contribution in [0.4, 0.5) is 0 Å². The van der Waals surface area contributed by atoms with E-state index >= 15 is 0 Å². The molecule has 0 saturated heterocycles. The number of rotatable bonds is 4. The summed E-state index contributed by atoms with van der Waals surface area (Å²) >= 11 is 0. The molecule has 3 rings (SSSR count). The number of ether oxygens (including phenoxy) is 2. The van der Waals surface area contributed by atoms with E-state index in [4.69, 9.17) is 9.47 Å². The Balaban J connectivity index is 2.03. The van der Waals surface area contributed by atoms with Crippen molar-refractivity contribution >= 4 is 0 Å². The fraction of sp³-hybridized carbons (Fsp3) is 0.375. The number of benzene rings is 1. The van der Waals surface area contributed by atoms with Crippen LogP contribution < -0.4 is 14.8 Å². The zero-order chi connectivity index (χ0) is 14.7. The Morgan fingerprint density at radius 2 is 2.24 bits per heavy atom. The maximum Gasteiger partial charge on any atom is 0.216 e. The lowest BCUT2D eigenvalue weighted by molar-refractivity contribution is 0.283. The van der Waals surface area contributed by atoms with Crippen molar-refractivity contribution in [2.45, 2.75) is 18.9 Å². The second-order valence-corrected chi connectivity index (χ2v) is 4.99. The molecule has 1 aliphatic heterocycles. The highest BCUT2D eigenvalue weighted by molar-refractivity contribution is 5.47. The first kappa shape index (κ1) is 13.8. The summed E-state index contributed by atoms with van der Waals surface area (Å²) in [5.74, 6) is 1.55. The number of aryl methyl sites for hydroxylation is 1. The van der Waals surface area contributed by atoms with Crippen LogP contribution in [0.25, 0.3) is 0 Å². The van der Waals surface area contributed by atoms with Gasteiger partial charge in [0.05, 0.1) is 25.5 Å². The number of hydrogen-bond donors (Lipinski definition) is 1. The minimum Gasteiger partial charge on any atom is -0.493 e. The van der Waals surface area contributed by atoms with E-state index < -0.39 is 0 Å². The van der Waals surface area contributed by atoms with Gasteiger partial charge < -0.3 is 14.8 Å². The molecule has 5 nitrogen and oxygen atoms in total. The van der Waals surface area contributed by atoms with Gasteiger partial charge in [0.2, 0.25) is 5.88 Å². The van der Waals surface area contributed by atoms with Crippen LogP contribution in [0.15, 0.2) is 30.6 Å². The molecule has 2 aromatic rings. The number of fused-ring (bicyclic) bond motifs is 1. The van der Waals surface area contributed by atoms with Crippen LogP contribution in [0.3, 0.4) is 0 Å². The van der Waals surface area contributed by atoms with E-state index in [9.17, 15) is 0 Å². The van der Waals surface area contributed by atoms with Crippen molar-refractivity contribution in [1.82, 2.24) is 15.3 Å². The van der Waals surface area contributed by atoms with Gasteiger partial charge in [-0.05, 0) is 25.5 Å². The summed E-state index contributed by atoms with van der Waals surface area (Å²) in [7, 11) is 3.52. The second kappa shape index (κ2) is 6.10. The van der Waals surface area contributed by atoms with Crippen molar-refractivity contribution in [2.75, 3.05) is 20.8 Å². The zero-order valence-electron chi connectivity index (χ0n) is 12.3. The minimum atomic E-state index is -0.0463. The van der Waals surface area contributed by atoms with E-state index in [-0.39, 0.29) is 6.04 Å². The van der Waals surface area contributed by atoms with Crippen LogP contribution in [0, 0.1) is 0 Å². The molecular weight excluding hydrogens is 266 g/mol. The summed E-state index contributed by atoms with van der Waals surface area (Å²) < 4.78 is 11.1. The maximum atomic E-state index is 5.90. The highest BCUT2D eigenvalue weighted by Gasteiger charge is 2.22. The largest absolute Gasteiger partial charge is 0.493 e. The Morgan fingerprint density at radius 1 is 1.33 bits per heavy atom. The maximum absolute atomic E-state index is 5.90. The Hall–Kier alpha value is -2.14. The average molecular weight is 285 g/mol. The standard InChI is InChI=1S/C16H19N3O2/c1-17-15(13-9-14(20-2)19-10-18-13)12-7-3-5-11-6-4-8-21-16(11)12/h3,5,7,9-10,15,17H,4,6,8H2,1-2H3. The van der Waals surface area contributed by atoms with Crippen molar-refractivity contribution in [3.63, 3.8) is 0 Å². The Kier molecular flexibility index (Phi) is 4.01. The molecule has 0 bridgehead atoms. The fourth-order valence-electron chi connectivity index (χ4n) is 2.73. The molecule has 0 fully saturated rings. The van der Waals surface area contributed by atoms with Crippen LogP contribution in [0.1, 0.15) is 29.3 Å².